The van der Waals surface area contributed by atoms with Crippen LogP contribution in [0.3, 0.4) is 0 Å². The molecule has 30 heavy (non-hydrogen) atoms. The largest absolute Gasteiger partial charge is 0.377 e. The van der Waals surface area contributed by atoms with Gasteiger partial charge in [0.15, 0.2) is 5.67 Å². The molecule has 1 aromatic carbocycles. The summed E-state index contributed by atoms with van der Waals surface area (Å²) in [4.78, 5) is 49.9. The number of piperidine rings is 1. The summed E-state index contributed by atoms with van der Waals surface area (Å²) in [5, 5.41) is 8.20. The Hall–Kier alpha value is -2.69. The van der Waals surface area contributed by atoms with E-state index in [1.165, 1.54) is 0 Å². The number of halogens is 1. The van der Waals surface area contributed by atoms with Crippen molar-refractivity contribution in [1.82, 2.24) is 20.9 Å². The van der Waals surface area contributed by atoms with Gasteiger partial charge in [-0.3, -0.25) is 29.4 Å². The number of hydrogen-bond acceptors (Lipinski definition) is 7. The molecule has 160 valence electrons. The summed E-state index contributed by atoms with van der Waals surface area (Å²) in [6, 6.07) is 3.82. The van der Waals surface area contributed by atoms with Crippen molar-refractivity contribution >= 4 is 23.6 Å². The Morgan fingerprint density at radius 2 is 2.00 bits per heavy atom. The average Bonchev–Trinajstić information content (AvgIpc) is 2.85. The van der Waals surface area contributed by atoms with E-state index in [-0.39, 0.29) is 43.7 Å². The van der Waals surface area contributed by atoms with Crippen LogP contribution in [0.5, 0.6) is 0 Å². The van der Waals surface area contributed by atoms with E-state index >= 15 is 0 Å². The minimum Gasteiger partial charge on any atom is -0.377 e. The number of ether oxygens (including phenoxy) is 1. The van der Waals surface area contributed by atoms with Gasteiger partial charge >= 0.3 is 0 Å². The molecule has 2 atom stereocenters. The zero-order chi connectivity index (χ0) is 21.3. The van der Waals surface area contributed by atoms with Gasteiger partial charge in [-0.2, -0.15) is 0 Å². The Balaban J connectivity index is 1.43. The lowest BCUT2D eigenvalue weighted by molar-refractivity contribution is -0.136. The molecule has 3 heterocycles. The summed E-state index contributed by atoms with van der Waals surface area (Å²) in [6.07, 6.45) is 0.182. The second-order valence-corrected chi connectivity index (χ2v) is 7.81. The quantitative estimate of drug-likeness (QED) is 0.552. The molecule has 4 rings (SSSR count). The van der Waals surface area contributed by atoms with E-state index in [1.54, 1.807) is 18.2 Å². The minimum atomic E-state index is -1.53. The number of rotatable bonds is 5. The van der Waals surface area contributed by atoms with Crippen LogP contribution in [0.4, 0.5) is 4.39 Å². The van der Waals surface area contributed by atoms with Gasteiger partial charge in [-0.1, -0.05) is 6.07 Å². The van der Waals surface area contributed by atoms with E-state index in [2.05, 4.69) is 16.0 Å². The zero-order valence-corrected chi connectivity index (χ0v) is 16.3. The van der Waals surface area contributed by atoms with Crippen LogP contribution in [-0.4, -0.2) is 73.1 Å². The van der Waals surface area contributed by atoms with E-state index in [0.717, 1.165) is 4.90 Å². The first-order valence-corrected chi connectivity index (χ1v) is 9.91. The van der Waals surface area contributed by atoms with Gasteiger partial charge in [0.05, 0.1) is 24.3 Å². The summed E-state index contributed by atoms with van der Waals surface area (Å²) in [5.74, 6) is -2.17. The Bertz CT molecular complexity index is 897. The zero-order valence-electron chi connectivity index (χ0n) is 16.3. The van der Waals surface area contributed by atoms with Crippen molar-refractivity contribution in [2.75, 3.05) is 32.8 Å². The van der Waals surface area contributed by atoms with Crippen molar-refractivity contribution in [2.24, 2.45) is 0 Å². The van der Waals surface area contributed by atoms with Gasteiger partial charge < -0.3 is 15.4 Å². The predicted molar refractivity (Wildman–Crippen MR) is 102 cm³/mol. The summed E-state index contributed by atoms with van der Waals surface area (Å²) < 4.78 is 20.0. The molecular weight excluding hydrogens is 395 g/mol. The summed E-state index contributed by atoms with van der Waals surface area (Å²) >= 11 is 0. The number of fused-ring (bicyclic) bond motifs is 1. The Morgan fingerprint density at radius 1 is 1.20 bits per heavy atom. The van der Waals surface area contributed by atoms with Crippen LogP contribution < -0.4 is 16.0 Å². The van der Waals surface area contributed by atoms with Crippen molar-refractivity contribution in [3.8, 4) is 0 Å². The number of nitrogens with one attached hydrogen (secondary N) is 3. The molecular formula is C20H23FN4O5. The van der Waals surface area contributed by atoms with Gasteiger partial charge in [0.25, 0.3) is 11.8 Å². The van der Waals surface area contributed by atoms with Gasteiger partial charge in [0.2, 0.25) is 11.8 Å². The van der Waals surface area contributed by atoms with E-state index < -0.39 is 35.3 Å². The first-order chi connectivity index (χ1) is 14.4. The van der Waals surface area contributed by atoms with E-state index in [9.17, 15) is 23.6 Å². The number of hydrogen-bond donors (Lipinski definition) is 3. The summed E-state index contributed by atoms with van der Waals surface area (Å²) in [6.45, 7) is 1.65. The molecule has 0 aliphatic carbocycles. The van der Waals surface area contributed by atoms with Crippen molar-refractivity contribution in [3.05, 3.63) is 34.9 Å². The summed E-state index contributed by atoms with van der Waals surface area (Å²) in [5.41, 5.74) is -0.386. The Kier molecular flexibility index (Phi) is 5.63. The average molecular weight is 418 g/mol. The molecule has 0 bridgehead atoms. The first kappa shape index (κ1) is 20.6. The molecule has 3 N–H and O–H groups in total. The molecule has 10 heteroatoms. The van der Waals surface area contributed by atoms with E-state index in [4.69, 9.17) is 4.74 Å². The van der Waals surface area contributed by atoms with Gasteiger partial charge in [-0.25, -0.2) is 4.39 Å². The molecule has 4 amide bonds. The van der Waals surface area contributed by atoms with Crippen LogP contribution >= 0.6 is 0 Å². The normalized spacial score (nSPS) is 27.1. The molecule has 0 saturated carbocycles. The van der Waals surface area contributed by atoms with Gasteiger partial charge in [0, 0.05) is 32.6 Å². The van der Waals surface area contributed by atoms with Crippen LogP contribution in [0.25, 0.3) is 0 Å². The number of amides is 4. The van der Waals surface area contributed by atoms with Crippen LogP contribution in [-0.2, 0) is 20.9 Å². The molecule has 9 nitrogen and oxygen atoms in total. The number of carbonyl (C=O) groups is 4. The van der Waals surface area contributed by atoms with E-state index in [0.29, 0.717) is 25.3 Å². The highest BCUT2D eigenvalue weighted by molar-refractivity contribution is 6.23. The number of alkyl halides is 1. The predicted octanol–water partition coefficient (Wildman–Crippen LogP) is -0.494. The SMILES string of the molecule is O=C1CCC(N2C(=O)c3ccc(CNCC4(F)CNCCOC4)cc3C2=O)C(=O)N1. The van der Waals surface area contributed by atoms with Crippen LogP contribution in [0, 0.1) is 0 Å². The second-order valence-electron chi connectivity index (χ2n) is 7.81. The van der Waals surface area contributed by atoms with Crippen molar-refractivity contribution < 1.29 is 28.3 Å². The molecule has 2 saturated heterocycles. The monoisotopic (exact) mass is 418 g/mol. The maximum absolute atomic E-state index is 14.8. The lowest BCUT2D eigenvalue weighted by atomic mass is 10.0. The number of carbonyl (C=O) groups excluding carboxylic acids is 4. The molecule has 0 radical (unpaired) electrons. The lowest BCUT2D eigenvalue weighted by Gasteiger charge is -2.27. The number of benzene rings is 1. The Morgan fingerprint density at radius 3 is 2.80 bits per heavy atom. The Labute approximate surface area is 172 Å². The van der Waals surface area contributed by atoms with Gasteiger partial charge in [-0.15, -0.1) is 0 Å². The summed E-state index contributed by atoms with van der Waals surface area (Å²) in [7, 11) is 0. The first-order valence-electron chi connectivity index (χ1n) is 9.91. The highest BCUT2D eigenvalue weighted by Crippen LogP contribution is 2.28. The van der Waals surface area contributed by atoms with Crippen LogP contribution in [0.2, 0.25) is 0 Å². The standard InChI is InChI=1S/C20H23FN4O5/c21-20(9-22-5-6-30-11-20)10-23-8-12-1-2-13-14(7-12)19(29)25(18(13)28)15-3-4-16(26)24-17(15)27/h1-2,7,15,22-23H,3-6,8-11H2,(H,24,26,27). The van der Waals surface area contributed by atoms with Crippen molar-refractivity contribution in [2.45, 2.75) is 31.1 Å². The third kappa shape index (κ3) is 3.98. The fourth-order valence-corrected chi connectivity index (χ4v) is 3.94. The third-order valence-electron chi connectivity index (χ3n) is 5.50. The molecule has 2 unspecified atom stereocenters. The van der Waals surface area contributed by atoms with Crippen molar-refractivity contribution in [1.29, 1.82) is 0 Å². The van der Waals surface area contributed by atoms with Crippen LogP contribution in [0.1, 0.15) is 39.1 Å². The molecule has 0 spiro atoms. The molecule has 0 aromatic heterocycles. The fraction of sp³-hybridized carbons (Fsp3) is 0.500. The molecule has 3 aliphatic rings. The molecule has 1 aromatic rings. The van der Waals surface area contributed by atoms with Gasteiger partial charge in [0.1, 0.15) is 6.04 Å². The number of nitrogens with zero attached hydrogens (tertiary/aromatic N) is 1. The molecule has 2 fully saturated rings. The lowest BCUT2D eigenvalue weighted by Crippen LogP contribution is -2.54. The third-order valence-corrected chi connectivity index (χ3v) is 5.50. The van der Waals surface area contributed by atoms with E-state index in [1.807, 2.05) is 0 Å². The highest BCUT2D eigenvalue weighted by Gasteiger charge is 2.44. The van der Waals surface area contributed by atoms with Crippen molar-refractivity contribution in [3.63, 3.8) is 0 Å². The maximum atomic E-state index is 14.8. The highest BCUT2D eigenvalue weighted by atomic mass is 19.1. The second kappa shape index (κ2) is 8.21. The topological polar surface area (TPSA) is 117 Å². The fourth-order valence-electron chi connectivity index (χ4n) is 3.94. The van der Waals surface area contributed by atoms with Crippen LogP contribution in [0.15, 0.2) is 18.2 Å². The minimum absolute atomic E-state index is 0.00505. The van der Waals surface area contributed by atoms with Gasteiger partial charge in [-0.05, 0) is 24.1 Å². The smallest absolute Gasteiger partial charge is 0.262 e. The maximum Gasteiger partial charge on any atom is 0.262 e. The number of imide groups is 2. The molecule has 3 aliphatic heterocycles.